The Balaban J connectivity index is 1.65. The minimum atomic E-state index is -0.395. The third-order valence-corrected chi connectivity index (χ3v) is 6.20. The van der Waals surface area contributed by atoms with Crippen LogP contribution in [-0.2, 0) is 4.79 Å². The number of phenols is 1. The summed E-state index contributed by atoms with van der Waals surface area (Å²) in [5.74, 6) is 0.730. The van der Waals surface area contributed by atoms with Gasteiger partial charge in [0.05, 0.1) is 5.25 Å². The highest BCUT2D eigenvalue weighted by Crippen LogP contribution is 2.31. The minimum absolute atomic E-state index is 0.0961. The lowest BCUT2D eigenvalue weighted by Crippen LogP contribution is -2.23. The van der Waals surface area contributed by atoms with Gasteiger partial charge in [0, 0.05) is 16.9 Å². The number of nitrogens with zero attached hydrogens (tertiary/aromatic N) is 3. The van der Waals surface area contributed by atoms with Crippen molar-refractivity contribution in [2.45, 2.75) is 31.2 Å². The summed E-state index contributed by atoms with van der Waals surface area (Å²) in [6.45, 7) is 5.82. The van der Waals surface area contributed by atoms with Crippen molar-refractivity contribution in [1.82, 2.24) is 14.8 Å². The maximum Gasteiger partial charge on any atom is 0.237 e. The molecule has 0 spiro atoms. The predicted molar refractivity (Wildman–Crippen MR) is 128 cm³/mol. The highest BCUT2D eigenvalue weighted by molar-refractivity contribution is 8.00. The molecule has 0 aliphatic carbocycles. The molecule has 162 valence electrons. The standard InChI is InChI=1S/C25H24N4O2S/c1-16-8-7-9-17(2)22(16)26-24(31)18(3)32-25-28-27-23(19-12-14-21(30)15-13-19)29(25)20-10-5-4-6-11-20/h4-15,18,30H,1-3H3,(H,26,31)/t18-/m1/s1. The number of aromatic hydroxyl groups is 1. The molecular formula is C25H24N4O2S. The first-order valence-corrected chi connectivity index (χ1v) is 11.2. The van der Waals surface area contributed by atoms with E-state index in [0.717, 1.165) is 28.1 Å². The van der Waals surface area contributed by atoms with Crippen LogP contribution in [-0.4, -0.2) is 31.0 Å². The Kier molecular flexibility index (Phi) is 6.28. The zero-order chi connectivity index (χ0) is 22.7. The Hall–Kier alpha value is -3.58. The van der Waals surface area contributed by atoms with Gasteiger partial charge in [0.1, 0.15) is 5.75 Å². The van der Waals surface area contributed by atoms with E-state index < -0.39 is 5.25 Å². The second kappa shape index (κ2) is 9.28. The smallest absolute Gasteiger partial charge is 0.237 e. The number of hydrogen-bond acceptors (Lipinski definition) is 5. The molecule has 1 atom stereocenters. The number of thioether (sulfide) groups is 1. The molecule has 1 amide bonds. The van der Waals surface area contributed by atoms with Crippen LogP contribution in [0.1, 0.15) is 18.1 Å². The predicted octanol–water partition coefficient (Wildman–Crippen LogP) is 5.38. The van der Waals surface area contributed by atoms with Gasteiger partial charge in [0.2, 0.25) is 5.91 Å². The van der Waals surface area contributed by atoms with E-state index in [1.807, 2.05) is 73.9 Å². The van der Waals surface area contributed by atoms with Crippen LogP contribution >= 0.6 is 11.8 Å². The fraction of sp³-hybridized carbons (Fsp3) is 0.160. The SMILES string of the molecule is Cc1cccc(C)c1NC(=O)[C@@H](C)Sc1nnc(-c2ccc(O)cc2)n1-c1ccccc1. The molecule has 0 aliphatic heterocycles. The third kappa shape index (κ3) is 4.53. The van der Waals surface area contributed by atoms with Crippen molar-refractivity contribution in [2.24, 2.45) is 0 Å². The Morgan fingerprint density at radius 3 is 2.25 bits per heavy atom. The number of anilines is 1. The van der Waals surface area contributed by atoms with Crippen molar-refractivity contribution in [3.63, 3.8) is 0 Å². The van der Waals surface area contributed by atoms with E-state index in [0.29, 0.717) is 11.0 Å². The van der Waals surface area contributed by atoms with Crippen molar-refractivity contribution in [3.05, 3.63) is 83.9 Å². The summed E-state index contributed by atoms with van der Waals surface area (Å²) in [4.78, 5) is 13.0. The van der Waals surface area contributed by atoms with Crippen molar-refractivity contribution in [2.75, 3.05) is 5.32 Å². The molecule has 7 heteroatoms. The quantitative estimate of drug-likeness (QED) is 0.391. The first-order valence-electron chi connectivity index (χ1n) is 10.3. The Bertz CT molecular complexity index is 1220. The first-order chi connectivity index (χ1) is 15.4. The van der Waals surface area contributed by atoms with Crippen LogP contribution in [0.15, 0.2) is 78.0 Å². The molecule has 0 unspecified atom stereocenters. The Labute approximate surface area is 191 Å². The van der Waals surface area contributed by atoms with Gasteiger partial charge in [-0.25, -0.2) is 0 Å². The van der Waals surface area contributed by atoms with E-state index in [1.54, 1.807) is 24.3 Å². The normalized spacial score (nSPS) is 11.8. The summed E-state index contributed by atoms with van der Waals surface area (Å²) in [6, 6.07) is 22.6. The molecule has 6 nitrogen and oxygen atoms in total. The molecule has 1 aromatic heterocycles. The molecule has 0 aliphatic rings. The van der Waals surface area contributed by atoms with Crippen LogP contribution in [0, 0.1) is 13.8 Å². The van der Waals surface area contributed by atoms with Crippen molar-refractivity contribution >= 4 is 23.4 Å². The van der Waals surface area contributed by atoms with Gasteiger partial charge in [-0.1, -0.05) is 48.2 Å². The van der Waals surface area contributed by atoms with Gasteiger partial charge in [0.15, 0.2) is 11.0 Å². The molecule has 0 fully saturated rings. The second-order valence-corrected chi connectivity index (χ2v) is 8.85. The van der Waals surface area contributed by atoms with Gasteiger partial charge < -0.3 is 10.4 Å². The monoisotopic (exact) mass is 444 g/mol. The number of aryl methyl sites for hydroxylation is 2. The second-order valence-electron chi connectivity index (χ2n) is 7.54. The highest BCUT2D eigenvalue weighted by atomic mass is 32.2. The number of amides is 1. The number of aromatic nitrogens is 3. The van der Waals surface area contributed by atoms with E-state index in [4.69, 9.17) is 0 Å². The van der Waals surface area contributed by atoms with Gasteiger partial charge >= 0.3 is 0 Å². The zero-order valence-corrected chi connectivity index (χ0v) is 18.9. The van der Waals surface area contributed by atoms with Crippen LogP contribution in [0.3, 0.4) is 0 Å². The number of benzene rings is 3. The van der Waals surface area contributed by atoms with E-state index in [1.165, 1.54) is 11.8 Å². The fourth-order valence-electron chi connectivity index (χ4n) is 3.40. The van der Waals surface area contributed by atoms with Gasteiger partial charge in [-0.15, -0.1) is 10.2 Å². The molecule has 0 radical (unpaired) electrons. The largest absolute Gasteiger partial charge is 0.508 e. The van der Waals surface area contributed by atoms with Gasteiger partial charge in [-0.3, -0.25) is 9.36 Å². The molecule has 2 N–H and O–H groups in total. The summed E-state index contributed by atoms with van der Waals surface area (Å²) in [7, 11) is 0. The topological polar surface area (TPSA) is 80.0 Å². The van der Waals surface area contributed by atoms with Crippen molar-refractivity contribution < 1.29 is 9.90 Å². The summed E-state index contributed by atoms with van der Waals surface area (Å²) in [5.41, 5.74) is 4.61. The molecule has 0 bridgehead atoms. The molecule has 4 rings (SSSR count). The number of carbonyl (C=O) groups is 1. The fourth-order valence-corrected chi connectivity index (χ4v) is 4.27. The van der Waals surface area contributed by atoms with Crippen LogP contribution < -0.4 is 5.32 Å². The van der Waals surface area contributed by atoms with Crippen molar-refractivity contribution in [3.8, 4) is 22.8 Å². The Morgan fingerprint density at radius 1 is 0.938 bits per heavy atom. The lowest BCUT2D eigenvalue weighted by molar-refractivity contribution is -0.115. The third-order valence-electron chi connectivity index (χ3n) is 5.15. The first kappa shape index (κ1) is 21.6. The molecule has 4 aromatic rings. The van der Waals surface area contributed by atoms with E-state index >= 15 is 0 Å². The average molecular weight is 445 g/mol. The highest BCUT2D eigenvalue weighted by Gasteiger charge is 2.22. The number of para-hydroxylation sites is 2. The maximum atomic E-state index is 13.0. The molecule has 32 heavy (non-hydrogen) atoms. The van der Waals surface area contributed by atoms with E-state index in [2.05, 4.69) is 15.5 Å². The maximum absolute atomic E-state index is 13.0. The summed E-state index contributed by atoms with van der Waals surface area (Å²) >= 11 is 1.35. The van der Waals surface area contributed by atoms with Gasteiger partial charge in [-0.2, -0.15) is 0 Å². The lowest BCUT2D eigenvalue weighted by atomic mass is 10.1. The van der Waals surface area contributed by atoms with Gasteiger partial charge in [0.25, 0.3) is 0 Å². The molecule has 0 saturated heterocycles. The summed E-state index contributed by atoms with van der Waals surface area (Å²) < 4.78 is 1.93. The van der Waals surface area contributed by atoms with Crippen LogP contribution in [0.2, 0.25) is 0 Å². The summed E-state index contributed by atoms with van der Waals surface area (Å²) in [5, 5.41) is 21.7. The molecular weight excluding hydrogens is 420 g/mol. The molecule has 0 saturated carbocycles. The number of carbonyl (C=O) groups excluding carboxylic acids is 1. The van der Waals surface area contributed by atoms with E-state index in [-0.39, 0.29) is 11.7 Å². The van der Waals surface area contributed by atoms with Crippen LogP contribution in [0.25, 0.3) is 17.1 Å². The van der Waals surface area contributed by atoms with Crippen molar-refractivity contribution in [1.29, 1.82) is 0 Å². The molecule has 3 aromatic carbocycles. The zero-order valence-electron chi connectivity index (χ0n) is 18.1. The average Bonchev–Trinajstić information content (AvgIpc) is 3.20. The number of phenolic OH excluding ortho intramolecular Hbond substituents is 1. The van der Waals surface area contributed by atoms with Gasteiger partial charge in [-0.05, 0) is 68.3 Å². The lowest BCUT2D eigenvalue weighted by Gasteiger charge is -2.16. The number of nitrogens with one attached hydrogen (secondary N) is 1. The summed E-state index contributed by atoms with van der Waals surface area (Å²) in [6.07, 6.45) is 0. The van der Waals surface area contributed by atoms with Crippen LogP contribution in [0.4, 0.5) is 5.69 Å². The van der Waals surface area contributed by atoms with E-state index in [9.17, 15) is 9.90 Å². The number of hydrogen-bond donors (Lipinski definition) is 2. The Morgan fingerprint density at radius 2 is 1.59 bits per heavy atom. The minimum Gasteiger partial charge on any atom is -0.508 e. The number of rotatable bonds is 6. The van der Waals surface area contributed by atoms with Crippen LogP contribution in [0.5, 0.6) is 5.75 Å². The molecule has 1 heterocycles.